The third-order valence-electron chi connectivity index (χ3n) is 4.62. The van der Waals surface area contributed by atoms with E-state index in [1.54, 1.807) is 7.11 Å². The van der Waals surface area contributed by atoms with Crippen molar-refractivity contribution in [1.29, 1.82) is 0 Å². The van der Waals surface area contributed by atoms with Crippen LogP contribution in [0.2, 0.25) is 0 Å². The zero-order valence-corrected chi connectivity index (χ0v) is 12.8. The first-order valence-corrected chi connectivity index (χ1v) is 7.66. The third kappa shape index (κ3) is 3.71. The molecule has 0 aromatic carbocycles. The lowest BCUT2D eigenvalue weighted by molar-refractivity contribution is -0.170. The van der Waals surface area contributed by atoms with Crippen molar-refractivity contribution in [1.82, 2.24) is 0 Å². The molecule has 2 aliphatic carbocycles. The number of hydrogen-bond donors (Lipinski definition) is 0. The van der Waals surface area contributed by atoms with E-state index in [4.69, 9.17) is 9.47 Å². The van der Waals surface area contributed by atoms with Gasteiger partial charge in [0.25, 0.3) is 0 Å². The van der Waals surface area contributed by atoms with Crippen molar-refractivity contribution in [3.63, 3.8) is 0 Å². The molecule has 2 fully saturated rings. The first kappa shape index (κ1) is 14.8. The Morgan fingerprint density at radius 2 is 1.63 bits per heavy atom. The zero-order valence-electron chi connectivity index (χ0n) is 12.8. The number of fused-ring (bicyclic) bond motifs is 1. The lowest BCUT2D eigenvalue weighted by atomic mass is 9.66. The summed E-state index contributed by atoms with van der Waals surface area (Å²) in [6, 6.07) is 0. The van der Waals surface area contributed by atoms with Gasteiger partial charge in [0.2, 0.25) is 0 Å². The van der Waals surface area contributed by atoms with Crippen molar-refractivity contribution >= 4 is 5.97 Å². The summed E-state index contributed by atoms with van der Waals surface area (Å²) in [7, 11) is 1.73. The molecule has 0 aromatic heterocycles. The van der Waals surface area contributed by atoms with Gasteiger partial charge in [0.05, 0.1) is 12.0 Å². The van der Waals surface area contributed by atoms with Crippen molar-refractivity contribution in [2.75, 3.05) is 7.11 Å². The molecular weight excluding hydrogens is 240 g/mol. The normalized spacial score (nSPS) is 35.6. The van der Waals surface area contributed by atoms with Crippen molar-refractivity contribution in [2.45, 2.75) is 71.0 Å². The number of carbonyl (C=O) groups excluding carboxylic acids is 1. The van der Waals surface area contributed by atoms with Crippen molar-refractivity contribution in [3.05, 3.63) is 0 Å². The molecule has 0 saturated heterocycles. The molecule has 0 heterocycles. The molecule has 0 amide bonds. The predicted molar refractivity (Wildman–Crippen MR) is 74.8 cm³/mol. The Morgan fingerprint density at radius 3 is 2.16 bits per heavy atom. The second kappa shape index (κ2) is 5.82. The van der Waals surface area contributed by atoms with Crippen molar-refractivity contribution < 1.29 is 14.3 Å². The number of esters is 1. The summed E-state index contributed by atoms with van der Waals surface area (Å²) in [5.41, 5.74) is -0.404. The topological polar surface area (TPSA) is 35.5 Å². The van der Waals surface area contributed by atoms with Gasteiger partial charge in [0.1, 0.15) is 5.60 Å². The highest BCUT2D eigenvalue weighted by Crippen LogP contribution is 2.44. The van der Waals surface area contributed by atoms with Gasteiger partial charge in [-0.15, -0.1) is 0 Å². The van der Waals surface area contributed by atoms with Crippen LogP contribution in [-0.2, 0) is 14.3 Å². The first-order valence-electron chi connectivity index (χ1n) is 7.66. The van der Waals surface area contributed by atoms with Crippen LogP contribution < -0.4 is 0 Å². The van der Waals surface area contributed by atoms with Crippen LogP contribution in [-0.4, -0.2) is 24.8 Å². The molecule has 0 radical (unpaired) electrons. The largest absolute Gasteiger partial charge is 0.460 e. The molecule has 4 unspecified atom stereocenters. The van der Waals surface area contributed by atoms with E-state index >= 15 is 0 Å². The van der Waals surface area contributed by atoms with Crippen LogP contribution in [0.25, 0.3) is 0 Å². The van der Waals surface area contributed by atoms with E-state index in [1.807, 2.05) is 20.8 Å². The zero-order chi connectivity index (χ0) is 14.0. The Kier molecular flexibility index (Phi) is 4.54. The Bertz CT molecular complexity index is 318. The van der Waals surface area contributed by atoms with Gasteiger partial charge >= 0.3 is 5.97 Å². The summed E-state index contributed by atoms with van der Waals surface area (Å²) in [4.78, 5) is 12.4. The van der Waals surface area contributed by atoms with E-state index in [0.717, 1.165) is 18.8 Å². The summed E-state index contributed by atoms with van der Waals surface area (Å²) in [5, 5.41) is 0. The highest BCUT2D eigenvalue weighted by Gasteiger charge is 2.42. The fourth-order valence-corrected chi connectivity index (χ4v) is 3.73. The summed E-state index contributed by atoms with van der Waals surface area (Å²) >= 11 is 0. The second-order valence-electron chi connectivity index (χ2n) is 7.19. The summed E-state index contributed by atoms with van der Waals surface area (Å²) in [6.07, 6.45) is 7.29. The Morgan fingerprint density at radius 1 is 1.05 bits per heavy atom. The van der Waals surface area contributed by atoms with E-state index in [-0.39, 0.29) is 18.0 Å². The molecule has 2 saturated carbocycles. The van der Waals surface area contributed by atoms with Crippen LogP contribution in [0.15, 0.2) is 0 Å². The van der Waals surface area contributed by atoms with E-state index in [1.165, 1.54) is 25.7 Å². The Balaban J connectivity index is 2.03. The Labute approximate surface area is 117 Å². The summed E-state index contributed by atoms with van der Waals surface area (Å²) in [5.74, 6) is 1.34. The maximum Gasteiger partial charge on any atom is 0.312 e. The smallest absolute Gasteiger partial charge is 0.312 e. The van der Waals surface area contributed by atoms with Crippen LogP contribution in [0.4, 0.5) is 0 Å². The fraction of sp³-hybridized carbons (Fsp3) is 0.938. The average Bonchev–Trinajstić information content (AvgIpc) is 2.35. The van der Waals surface area contributed by atoms with Crippen molar-refractivity contribution in [3.8, 4) is 0 Å². The van der Waals surface area contributed by atoms with Crippen LogP contribution in [0.3, 0.4) is 0 Å². The molecule has 0 aromatic rings. The molecular formula is C16H28O3. The molecule has 19 heavy (non-hydrogen) atoms. The SMILES string of the molecule is COC1CC2CCCCC2CC1C(=O)OC(C)(C)C. The standard InChI is InChI=1S/C16H28O3/c1-16(2,3)19-15(17)13-9-11-7-5-6-8-12(11)10-14(13)18-4/h11-14H,5-10H2,1-4H3. The highest BCUT2D eigenvalue weighted by atomic mass is 16.6. The Hall–Kier alpha value is -0.570. The van der Waals surface area contributed by atoms with Gasteiger partial charge in [-0.25, -0.2) is 0 Å². The summed E-state index contributed by atoms with van der Waals surface area (Å²) in [6.45, 7) is 5.79. The first-order chi connectivity index (χ1) is 8.90. The van der Waals surface area contributed by atoms with Gasteiger partial charge in [0, 0.05) is 7.11 Å². The molecule has 3 heteroatoms. The quantitative estimate of drug-likeness (QED) is 0.718. The molecule has 4 atom stereocenters. The van der Waals surface area contributed by atoms with Crippen LogP contribution in [0.5, 0.6) is 0 Å². The number of methoxy groups -OCH3 is 1. The molecule has 2 aliphatic rings. The van der Waals surface area contributed by atoms with Crippen LogP contribution >= 0.6 is 0 Å². The van der Waals surface area contributed by atoms with Crippen molar-refractivity contribution in [2.24, 2.45) is 17.8 Å². The molecule has 2 rings (SSSR count). The van der Waals surface area contributed by atoms with Crippen LogP contribution in [0.1, 0.15) is 59.3 Å². The van der Waals surface area contributed by atoms with Crippen LogP contribution in [0, 0.1) is 17.8 Å². The molecule has 0 N–H and O–H groups in total. The highest BCUT2D eigenvalue weighted by molar-refractivity contribution is 5.73. The molecule has 0 bridgehead atoms. The minimum absolute atomic E-state index is 0.0502. The average molecular weight is 268 g/mol. The predicted octanol–water partition coefficient (Wildman–Crippen LogP) is 3.56. The number of ether oxygens (including phenoxy) is 2. The van der Waals surface area contributed by atoms with Gasteiger partial charge < -0.3 is 9.47 Å². The maximum absolute atomic E-state index is 12.4. The van der Waals surface area contributed by atoms with Gasteiger partial charge in [-0.3, -0.25) is 4.79 Å². The molecule has 3 nitrogen and oxygen atoms in total. The van der Waals surface area contributed by atoms with E-state index in [0.29, 0.717) is 5.92 Å². The minimum Gasteiger partial charge on any atom is -0.460 e. The summed E-state index contributed by atoms with van der Waals surface area (Å²) < 4.78 is 11.2. The number of hydrogen-bond acceptors (Lipinski definition) is 3. The van der Waals surface area contributed by atoms with E-state index < -0.39 is 5.60 Å². The third-order valence-corrected chi connectivity index (χ3v) is 4.62. The van der Waals surface area contributed by atoms with Gasteiger partial charge in [-0.1, -0.05) is 25.7 Å². The van der Waals surface area contributed by atoms with Gasteiger partial charge in [-0.2, -0.15) is 0 Å². The molecule has 0 spiro atoms. The molecule has 110 valence electrons. The van der Waals surface area contributed by atoms with E-state index in [2.05, 4.69) is 0 Å². The fourth-order valence-electron chi connectivity index (χ4n) is 3.73. The van der Waals surface area contributed by atoms with Gasteiger partial charge in [0.15, 0.2) is 0 Å². The monoisotopic (exact) mass is 268 g/mol. The maximum atomic E-state index is 12.4. The lowest BCUT2D eigenvalue weighted by Gasteiger charge is -2.42. The second-order valence-corrected chi connectivity index (χ2v) is 7.19. The minimum atomic E-state index is -0.404. The molecule has 0 aliphatic heterocycles. The van der Waals surface area contributed by atoms with Gasteiger partial charge in [-0.05, 0) is 45.4 Å². The van der Waals surface area contributed by atoms with E-state index in [9.17, 15) is 4.79 Å². The number of rotatable bonds is 2. The lowest BCUT2D eigenvalue weighted by Crippen LogP contribution is -2.43. The number of carbonyl (C=O) groups is 1.